The van der Waals surface area contributed by atoms with E-state index in [0.717, 1.165) is 16.7 Å². The first-order valence-corrected chi connectivity index (χ1v) is 16.7. The molecule has 5 nitrogen and oxygen atoms in total. The molecule has 0 saturated carbocycles. The van der Waals surface area contributed by atoms with Gasteiger partial charge in [-0.15, -0.1) is 0 Å². The second kappa shape index (κ2) is 14.0. The van der Waals surface area contributed by atoms with Crippen LogP contribution in [0, 0.1) is 0 Å². The Morgan fingerprint density at radius 3 is 1.51 bits per heavy atom. The van der Waals surface area contributed by atoms with Gasteiger partial charge in [0, 0.05) is 19.1 Å². The maximum atomic E-state index is 16.9. The van der Waals surface area contributed by atoms with Crippen LogP contribution >= 0.6 is 0 Å². The minimum atomic E-state index is -5.20. The fraction of sp³-hybridized carbons (Fsp3) is 0.294. The molecule has 9 heteroatoms. The summed E-state index contributed by atoms with van der Waals surface area (Å²) >= 11 is 0. The van der Waals surface area contributed by atoms with E-state index < -0.39 is 47.8 Å². The van der Waals surface area contributed by atoms with Gasteiger partial charge in [-0.25, -0.2) is 17.3 Å². The predicted octanol–water partition coefficient (Wildman–Crippen LogP) is 6.79. The van der Waals surface area contributed by atoms with Crippen molar-refractivity contribution in [3.8, 4) is 0 Å². The zero-order chi connectivity index (χ0) is 31.1. The summed E-state index contributed by atoms with van der Waals surface area (Å²) in [6.45, 7) is 5.50. The van der Waals surface area contributed by atoms with Crippen LogP contribution in [-0.4, -0.2) is 39.6 Å². The molecule has 0 radical (unpaired) electrons. The lowest BCUT2D eigenvalue weighted by atomic mass is 9.96. The lowest BCUT2D eigenvalue weighted by molar-refractivity contribution is 0.00664. The van der Waals surface area contributed by atoms with E-state index in [-0.39, 0.29) is 19.5 Å². The molecule has 3 atom stereocenters. The number of alkyl halides is 2. The number of benzene rings is 4. The predicted molar refractivity (Wildman–Crippen MR) is 169 cm³/mol. The van der Waals surface area contributed by atoms with Crippen molar-refractivity contribution in [3.63, 3.8) is 0 Å². The molecule has 4 aromatic carbocycles. The van der Waals surface area contributed by atoms with Crippen molar-refractivity contribution in [1.82, 2.24) is 9.62 Å². The Kier molecular flexibility index (Phi) is 10.7. The molecule has 0 spiro atoms. The molecule has 0 heterocycles. The maximum absolute atomic E-state index is 16.9. The topological polar surface area (TPSA) is 66.5 Å². The van der Waals surface area contributed by atoms with Crippen molar-refractivity contribution in [2.75, 3.05) is 0 Å². The Morgan fingerprint density at radius 1 is 0.698 bits per heavy atom. The van der Waals surface area contributed by atoms with Gasteiger partial charge in [-0.05, 0) is 56.0 Å². The normalized spacial score (nSPS) is 14.7. The van der Waals surface area contributed by atoms with Crippen LogP contribution in [0.5, 0.6) is 0 Å². The number of sulfone groups is 1. The lowest BCUT2D eigenvalue weighted by Crippen LogP contribution is -2.62. The van der Waals surface area contributed by atoms with Gasteiger partial charge in [0.1, 0.15) is 6.04 Å². The highest BCUT2D eigenvalue weighted by Crippen LogP contribution is 2.37. The number of rotatable bonds is 13. The summed E-state index contributed by atoms with van der Waals surface area (Å²) < 4.78 is 76.4. The summed E-state index contributed by atoms with van der Waals surface area (Å²) in [4.78, 5) is 1.37. The van der Waals surface area contributed by atoms with Crippen molar-refractivity contribution in [3.05, 3.63) is 138 Å². The first-order valence-electron chi connectivity index (χ1n) is 14.1. The number of halogens is 2. The third-order valence-electron chi connectivity index (χ3n) is 7.16. The highest BCUT2D eigenvalue weighted by Gasteiger charge is 2.57. The van der Waals surface area contributed by atoms with E-state index >= 15 is 8.78 Å². The fourth-order valence-electron chi connectivity index (χ4n) is 4.83. The van der Waals surface area contributed by atoms with Crippen molar-refractivity contribution >= 4 is 20.8 Å². The van der Waals surface area contributed by atoms with Gasteiger partial charge in [0.25, 0.3) is 0 Å². The van der Waals surface area contributed by atoms with Crippen LogP contribution in [0.1, 0.15) is 37.5 Å². The SMILES string of the molecule is CC(C)(C)[S@@](=O)N[C@@H]([C@H](Cc1ccccc1)N(Cc1ccccc1)Cc1ccccc1)C(F)(F)S(=O)(=O)c1ccccc1. The Balaban J connectivity index is 1.91. The molecule has 0 fully saturated rings. The molecule has 0 unspecified atom stereocenters. The van der Waals surface area contributed by atoms with E-state index in [1.165, 1.54) is 24.3 Å². The fourth-order valence-corrected chi connectivity index (χ4v) is 7.17. The largest absolute Gasteiger partial charge is 0.367 e. The van der Waals surface area contributed by atoms with Crippen molar-refractivity contribution < 1.29 is 21.4 Å². The highest BCUT2D eigenvalue weighted by molar-refractivity contribution is 7.92. The third kappa shape index (κ3) is 8.23. The van der Waals surface area contributed by atoms with Gasteiger partial charge >= 0.3 is 5.25 Å². The van der Waals surface area contributed by atoms with Gasteiger partial charge in [-0.2, -0.15) is 8.78 Å². The minimum absolute atomic E-state index is 0.0828. The molecule has 228 valence electrons. The zero-order valence-corrected chi connectivity index (χ0v) is 26.2. The average Bonchev–Trinajstić information content (AvgIpc) is 3.00. The van der Waals surface area contributed by atoms with E-state index in [9.17, 15) is 12.6 Å². The van der Waals surface area contributed by atoms with Gasteiger partial charge in [0.05, 0.1) is 20.6 Å². The molecular formula is C34H38F2N2O3S2. The quantitative estimate of drug-likeness (QED) is 0.178. The minimum Gasteiger partial charge on any atom is -0.290 e. The van der Waals surface area contributed by atoms with Gasteiger partial charge in [-0.3, -0.25) is 4.90 Å². The van der Waals surface area contributed by atoms with Crippen molar-refractivity contribution in [2.45, 2.75) is 67.3 Å². The molecule has 43 heavy (non-hydrogen) atoms. The Labute approximate surface area is 256 Å². The van der Waals surface area contributed by atoms with Gasteiger partial charge in [0.15, 0.2) is 0 Å². The zero-order valence-electron chi connectivity index (χ0n) is 24.6. The van der Waals surface area contributed by atoms with Crippen LogP contribution in [0.3, 0.4) is 0 Å². The van der Waals surface area contributed by atoms with E-state index in [1.807, 2.05) is 95.9 Å². The smallest absolute Gasteiger partial charge is 0.290 e. The van der Waals surface area contributed by atoms with Crippen LogP contribution in [0.25, 0.3) is 0 Å². The lowest BCUT2D eigenvalue weighted by Gasteiger charge is -2.41. The van der Waals surface area contributed by atoms with Crippen LogP contribution in [0.15, 0.2) is 126 Å². The summed E-state index contributed by atoms with van der Waals surface area (Å²) in [6.07, 6.45) is 0.0828. The van der Waals surface area contributed by atoms with Crippen LogP contribution in [0.2, 0.25) is 0 Å². The summed E-state index contributed by atoms with van der Waals surface area (Å²) in [6, 6.07) is 31.6. The van der Waals surface area contributed by atoms with Crippen molar-refractivity contribution in [1.29, 1.82) is 0 Å². The van der Waals surface area contributed by atoms with Crippen LogP contribution < -0.4 is 4.72 Å². The molecule has 0 saturated heterocycles. The van der Waals surface area contributed by atoms with E-state index in [0.29, 0.717) is 0 Å². The van der Waals surface area contributed by atoms with E-state index in [1.54, 1.807) is 26.8 Å². The van der Waals surface area contributed by atoms with E-state index in [4.69, 9.17) is 0 Å². The summed E-state index contributed by atoms with van der Waals surface area (Å²) in [5, 5.41) is -4.33. The van der Waals surface area contributed by atoms with Gasteiger partial charge in [0.2, 0.25) is 9.84 Å². The number of hydrogen-bond acceptors (Lipinski definition) is 4. The molecule has 0 aliphatic heterocycles. The second-order valence-corrected chi connectivity index (χ2v) is 15.5. The highest BCUT2D eigenvalue weighted by atomic mass is 32.2. The maximum Gasteiger partial charge on any atom is 0.367 e. The molecule has 4 rings (SSSR count). The Bertz CT molecular complexity index is 1520. The van der Waals surface area contributed by atoms with E-state index in [2.05, 4.69) is 4.72 Å². The molecule has 0 bridgehead atoms. The van der Waals surface area contributed by atoms with Crippen LogP contribution in [-0.2, 0) is 40.3 Å². The molecule has 0 aromatic heterocycles. The van der Waals surface area contributed by atoms with Gasteiger partial charge < -0.3 is 0 Å². The Hall–Kier alpha value is -3.24. The Morgan fingerprint density at radius 2 is 1.09 bits per heavy atom. The number of nitrogens with one attached hydrogen (secondary N) is 1. The molecule has 1 N–H and O–H groups in total. The molecule has 4 aromatic rings. The second-order valence-electron chi connectivity index (χ2n) is 11.5. The third-order valence-corrected chi connectivity index (χ3v) is 10.6. The molecule has 0 aliphatic rings. The summed E-state index contributed by atoms with van der Waals surface area (Å²) in [7, 11) is -7.22. The first-order chi connectivity index (χ1) is 20.4. The monoisotopic (exact) mass is 624 g/mol. The van der Waals surface area contributed by atoms with Crippen LogP contribution in [0.4, 0.5) is 8.78 Å². The van der Waals surface area contributed by atoms with Gasteiger partial charge in [-0.1, -0.05) is 109 Å². The number of hydrogen-bond donors (Lipinski definition) is 1. The molecule has 0 aliphatic carbocycles. The summed E-state index contributed by atoms with van der Waals surface area (Å²) in [5.74, 6) is 0. The molecular weight excluding hydrogens is 587 g/mol. The first kappa shape index (κ1) is 32.7. The van der Waals surface area contributed by atoms with Crippen molar-refractivity contribution in [2.24, 2.45) is 0 Å². The molecule has 0 amide bonds. The summed E-state index contributed by atoms with van der Waals surface area (Å²) in [5.41, 5.74) is 2.50. The average molecular weight is 625 g/mol. The number of nitrogens with zero attached hydrogens (tertiary/aromatic N) is 1. The standard InChI is InChI=1S/C34H38F2N2O3S2/c1-33(2,3)42(39)37-32(34(35,36)43(40,41)30-22-14-7-15-23-30)31(24-27-16-8-4-9-17-27)38(25-28-18-10-5-11-19-28)26-29-20-12-6-13-21-29/h4-23,31-32,37H,24-26H2,1-3H3/t31-,32-,42+/m0/s1.